The molecule has 0 spiro atoms. The summed E-state index contributed by atoms with van der Waals surface area (Å²) in [5.41, 5.74) is 0.413. The van der Waals surface area contributed by atoms with Crippen molar-refractivity contribution in [1.29, 1.82) is 0 Å². The van der Waals surface area contributed by atoms with Crippen molar-refractivity contribution in [2.24, 2.45) is 5.92 Å². The monoisotopic (exact) mass is 415 g/mol. The molecule has 0 aliphatic heterocycles. The molecule has 1 atom stereocenters. The summed E-state index contributed by atoms with van der Waals surface area (Å²) in [4.78, 5) is 25.0. The van der Waals surface area contributed by atoms with E-state index in [2.05, 4.69) is 12.2 Å². The summed E-state index contributed by atoms with van der Waals surface area (Å²) in [5.74, 6) is 0.0793. The van der Waals surface area contributed by atoms with Crippen molar-refractivity contribution >= 4 is 17.6 Å². The van der Waals surface area contributed by atoms with Crippen molar-refractivity contribution in [3.05, 3.63) is 42.5 Å². The molecule has 162 valence electrons. The van der Waals surface area contributed by atoms with E-state index in [1.54, 1.807) is 44.6 Å². The van der Waals surface area contributed by atoms with Crippen LogP contribution in [0.3, 0.4) is 0 Å². The summed E-state index contributed by atoms with van der Waals surface area (Å²) in [6.45, 7) is 2.06. The highest BCUT2D eigenvalue weighted by Gasteiger charge is 2.28. The Hall–Kier alpha value is -3.22. The third-order valence-electron chi connectivity index (χ3n) is 4.63. The fourth-order valence-electron chi connectivity index (χ4n) is 2.96. The molecule has 0 radical (unpaired) electrons. The number of hydrogen-bond donors (Lipinski definition) is 1. The molecule has 1 N–H and O–H groups in total. The van der Waals surface area contributed by atoms with E-state index in [1.165, 1.54) is 7.11 Å². The Morgan fingerprint density at radius 1 is 0.933 bits per heavy atom. The number of rotatable bonds is 11. The van der Waals surface area contributed by atoms with E-state index in [-0.39, 0.29) is 0 Å². The average molecular weight is 415 g/mol. The predicted molar refractivity (Wildman–Crippen MR) is 114 cm³/mol. The lowest BCUT2D eigenvalue weighted by molar-refractivity contribution is -0.149. The molecule has 2 aromatic rings. The molecule has 0 bridgehead atoms. The van der Waals surface area contributed by atoms with Gasteiger partial charge in [0.2, 0.25) is 5.91 Å². The first-order valence-corrected chi connectivity index (χ1v) is 9.91. The van der Waals surface area contributed by atoms with Gasteiger partial charge >= 0.3 is 5.97 Å². The van der Waals surface area contributed by atoms with Gasteiger partial charge < -0.3 is 24.3 Å². The maximum atomic E-state index is 12.9. The lowest BCUT2D eigenvalue weighted by Crippen LogP contribution is -2.30. The Balaban J connectivity index is 2.29. The molecular formula is C23H29NO6. The highest BCUT2D eigenvalue weighted by molar-refractivity contribution is 6.05. The van der Waals surface area contributed by atoms with Gasteiger partial charge in [-0.25, -0.2) is 0 Å². The second-order valence-electron chi connectivity index (χ2n) is 6.68. The van der Waals surface area contributed by atoms with Crippen LogP contribution in [0.1, 0.15) is 32.6 Å². The molecule has 2 rings (SSSR count). The van der Waals surface area contributed by atoms with Gasteiger partial charge in [0.05, 0.1) is 27.0 Å². The molecule has 30 heavy (non-hydrogen) atoms. The van der Waals surface area contributed by atoms with E-state index in [0.29, 0.717) is 35.1 Å². The smallest absolute Gasteiger partial charge is 0.318 e. The zero-order valence-electron chi connectivity index (χ0n) is 17.9. The standard InChI is InChI=1S/C23H29NO6/c1-5-6-7-10-17(23(26)29-4)22(25)24-18-14-13-16(27-2)15-21(18)30-20-12-9-8-11-19(20)28-3/h8-9,11-15,17H,5-7,10H2,1-4H3,(H,24,25). The zero-order chi connectivity index (χ0) is 21.9. The quantitative estimate of drug-likeness (QED) is 0.322. The van der Waals surface area contributed by atoms with Crippen molar-refractivity contribution in [3.8, 4) is 23.0 Å². The van der Waals surface area contributed by atoms with E-state index in [1.807, 2.05) is 12.1 Å². The maximum absolute atomic E-state index is 12.9. The first kappa shape index (κ1) is 23.1. The van der Waals surface area contributed by atoms with Gasteiger partial charge in [-0.15, -0.1) is 0 Å². The van der Waals surface area contributed by atoms with Crippen LogP contribution in [0.5, 0.6) is 23.0 Å². The molecule has 1 unspecified atom stereocenters. The Kier molecular flexibility index (Phi) is 9.00. The van der Waals surface area contributed by atoms with Crippen LogP contribution in [0.2, 0.25) is 0 Å². The van der Waals surface area contributed by atoms with Crippen molar-refractivity contribution in [2.75, 3.05) is 26.6 Å². The summed E-state index contributed by atoms with van der Waals surface area (Å²) >= 11 is 0. The highest BCUT2D eigenvalue weighted by Crippen LogP contribution is 2.37. The van der Waals surface area contributed by atoms with Gasteiger partial charge in [-0.1, -0.05) is 38.3 Å². The molecule has 7 heteroatoms. The molecule has 0 saturated carbocycles. The number of nitrogens with one attached hydrogen (secondary N) is 1. The summed E-state index contributed by atoms with van der Waals surface area (Å²) in [6.07, 6.45) is 3.11. The van der Waals surface area contributed by atoms with Gasteiger partial charge in [-0.2, -0.15) is 0 Å². The van der Waals surface area contributed by atoms with Crippen LogP contribution in [0.25, 0.3) is 0 Å². The lowest BCUT2D eigenvalue weighted by atomic mass is 10.00. The predicted octanol–water partition coefficient (Wildman–Crippen LogP) is 4.80. The number of ether oxygens (including phenoxy) is 4. The van der Waals surface area contributed by atoms with Crippen LogP contribution in [-0.2, 0) is 14.3 Å². The van der Waals surface area contributed by atoms with Crippen LogP contribution in [-0.4, -0.2) is 33.2 Å². The van der Waals surface area contributed by atoms with Gasteiger partial charge in [-0.3, -0.25) is 9.59 Å². The van der Waals surface area contributed by atoms with Crippen molar-refractivity contribution in [3.63, 3.8) is 0 Å². The first-order chi connectivity index (χ1) is 14.5. The Morgan fingerprint density at radius 2 is 1.67 bits per heavy atom. The fourth-order valence-corrected chi connectivity index (χ4v) is 2.96. The molecular weight excluding hydrogens is 386 g/mol. The summed E-state index contributed by atoms with van der Waals surface area (Å²) in [7, 11) is 4.38. The number of para-hydroxylation sites is 2. The molecule has 0 aliphatic rings. The molecule has 1 amide bonds. The number of anilines is 1. The number of hydrogen-bond acceptors (Lipinski definition) is 6. The Bertz CT molecular complexity index is 851. The average Bonchev–Trinajstić information content (AvgIpc) is 2.77. The molecule has 0 aromatic heterocycles. The number of benzene rings is 2. The van der Waals surface area contributed by atoms with Crippen molar-refractivity contribution in [2.45, 2.75) is 32.6 Å². The minimum absolute atomic E-state index is 0.365. The van der Waals surface area contributed by atoms with Gasteiger partial charge in [0.1, 0.15) is 11.7 Å². The normalized spacial score (nSPS) is 11.3. The fraction of sp³-hybridized carbons (Fsp3) is 0.391. The van der Waals surface area contributed by atoms with E-state index in [9.17, 15) is 9.59 Å². The van der Waals surface area contributed by atoms with Crippen LogP contribution in [0.4, 0.5) is 5.69 Å². The number of amides is 1. The molecule has 0 saturated heterocycles. The molecule has 7 nitrogen and oxygen atoms in total. The molecule has 0 fully saturated rings. The minimum atomic E-state index is -0.886. The third kappa shape index (κ3) is 6.14. The van der Waals surface area contributed by atoms with Gasteiger partial charge in [0.15, 0.2) is 17.2 Å². The first-order valence-electron chi connectivity index (χ1n) is 9.91. The summed E-state index contributed by atoms with van der Waals surface area (Å²) in [6, 6.07) is 12.2. The van der Waals surface area contributed by atoms with Crippen LogP contribution in [0.15, 0.2) is 42.5 Å². The number of carbonyl (C=O) groups is 2. The van der Waals surface area contributed by atoms with Gasteiger partial charge in [0.25, 0.3) is 0 Å². The topological polar surface area (TPSA) is 83.1 Å². The lowest BCUT2D eigenvalue weighted by Gasteiger charge is -2.18. The Morgan fingerprint density at radius 3 is 2.30 bits per heavy atom. The number of esters is 1. The van der Waals surface area contributed by atoms with E-state index in [4.69, 9.17) is 18.9 Å². The second-order valence-corrected chi connectivity index (χ2v) is 6.68. The SMILES string of the molecule is CCCCCC(C(=O)Nc1ccc(OC)cc1Oc1ccccc1OC)C(=O)OC. The van der Waals surface area contributed by atoms with Gasteiger partial charge in [-0.05, 0) is 30.7 Å². The highest BCUT2D eigenvalue weighted by atomic mass is 16.5. The zero-order valence-corrected chi connectivity index (χ0v) is 17.9. The maximum Gasteiger partial charge on any atom is 0.318 e. The number of unbranched alkanes of at least 4 members (excludes halogenated alkanes) is 2. The van der Waals surface area contributed by atoms with E-state index >= 15 is 0 Å². The number of carbonyl (C=O) groups excluding carboxylic acids is 2. The van der Waals surface area contributed by atoms with Crippen molar-refractivity contribution in [1.82, 2.24) is 0 Å². The molecule has 2 aromatic carbocycles. The largest absolute Gasteiger partial charge is 0.497 e. The van der Waals surface area contributed by atoms with E-state index < -0.39 is 17.8 Å². The van der Waals surface area contributed by atoms with Gasteiger partial charge in [0, 0.05) is 6.07 Å². The third-order valence-corrected chi connectivity index (χ3v) is 4.63. The van der Waals surface area contributed by atoms with Crippen LogP contribution < -0.4 is 19.5 Å². The minimum Gasteiger partial charge on any atom is -0.497 e. The van der Waals surface area contributed by atoms with E-state index in [0.717, 1.165) is 19.3 Å². The van der Waals surface area contributed by atoms with Crippen LogP contribution >= 0.6 is 0 Å². The summed E-state index contributed by atoms with van der Waals surface area (Å²) < 4.78 is 21.4. The molecule has 0 aliphatic carbocycles. The Labute approximate surface area is 177 Å². The summed E-state index contributed by atoms with van der Waals surface area (Å²) in [5, 5.41) is 2.80. The number of methoxy groups -OCH3 is 3. The second kappa shape index (κ2) is 11.7. The van der Waals surface area contributed by atoms with Crippen molar-refractivity contribution < 1.29 is 28.5 Å². The van der Waals surface area contributed by atoms with Crippen LogP contribution in [0, 0.1) is 5.92 Å². The molecule has 0 heterocycles.